The normalized spacial score (nSPS) is 10.5. The van der Waals surface area contributed by atoms with Gasteiger partial charge in [0, 0.05) is 18.2 Å². The SMILES string of the molecule is CC(C)COC(=O)c1cccc(C(=O)Oc2cc(F)cc(F)c2)c1. The summed E-state index contributed by atoms with van der Waals surface area (Å²) in [5.41, 5.74) is 0.259. The summed E-state index contributed by atoms with van der Waals surface area (Å²) in [6.07, 6.45) is 0. The summed E-state index contributed by atoms with van der Waals surface area (Å²) in [5, 5.41) is 0. The molecule has 126 valence electrons. The van der Waals surface area contributed by atoms with Gasteiger partial charge in [0.15, 0.2) is 0 Å². The molecule has 0 radical (unpaired) electrons. The molecule has 0 N–H and O–H groups in total. The fraction of sp³-hybridized carbons (Fsp3) is 0.222. The maximum Gasteiger partial charge on any atom is 0.343 e. The van der Waals surface area contributed by atoms with Crippen LogP contribution in [-0.2, 0) is 4.74 Å². The molecule has 0 atom stereocenters. The van der Waals surface area contributed by atoms with Gasteiger partial charge < -0.3 is 9.47 Å². The van der Waals surface area contributed by atoms with Crippen LogP contribution in [0, 0.1) is 17.6 Å². The van der Waals surface area contributed by atoms with Gasteiger partial charge in [0.1, 0.15) is 17.4 Å². The van der Waals surface area contributed by atoms with Gasteiger partial charge >= 0.3 is 11.9 Å². The Morgan fingerprint density at radius 1 is 0.958 bits per heavy atom. The van der Waals surface area contributed by atoms with E-state index in [-0.39, 0.29) is 29.4 Å². The maximum absolute atomic E-state index is 13.1. The van der Waals surface area contributed by atoms with Crippen LogP contribution < -0.4 is 4.74 Å². The number of carbonyl (C=O) groups excluding carboxylic acids is 2. The van der Waals surface area contributed by atoms with Crippen molar-refractivity contribution in [2.24, 2.45) is 5.92 Å². The fourth-order valence-corrected chi connectivity index (χ4v) is 1.85. The standard InChI is InChI=1S/C18H16F2O4/c1-11(2)10-23-17(21)12-4-3-5-13(6-12)18(22)24-16-8-14(19)7-15(20)9-16/h3-9,11H,10H2,1-2H3. The van der Waals surface area contributed by atoms with Gasteiger partial charge in [0.2, 0.25) is 0 Å². The third-order valence-electron chi connectivity index (χ3n) is 2.93. The van der Waals surface area contributed by atoms with E-state index in [1.165, 1.54) is 24.3 Å². The highest BCUT2D eigenvalue weighted by molar-refractivity contribution is 5.96. The minimum absolute atomic E-state index is 0.0682. The van der Waals surface area contributed by atoms with Gasteiger partial charge in [0.05, 0.1) is 17.7 Å². The largest absolute Gasteiger partial charge is 0.462 e. The van der Waals surface area contributed by atoms with E-state index in [9.17, 15) is 18.4 Å². The van der Waals surface area contributed by atoms with Gasteiger partial charge in [0.25, 0.3) is 0 Å². The van der Waals surface area contributed by atoms with Crippen LogP contribution in [0.3, 0.4) is 0 Å². The van der Waals surface area contributed by atoms with E-state index in [0.717, 1.165) is 12.1 Å². The number of ether oxygens (including phenoxy) is 2. The second-order valence-electron chi connectivity index (χ2n) is 5.57. The van der Waals surface area contributed by atoms with Crippen molar-refractivity contribution < 1.29 is 27.8 Å². The maximum atomic E-state index is 13.1. The minimum Gasteiger partial charge on any atom is -0.462 e. The Bertz CT molecular complexity index is 736. The topological polar surface area (TPSA) is 52.6 Å². The zero-order chi connectivity index (χ0) is 17.7. The van der Waals surface area contributed by atoms with Crippen molar-refractivity contribution in [3.63, 3.8) is 0 Å². The highest BCUT2D eigenvalue weighted by Crippen LogP contribution is 2.17. The number of halogens is 2. The second kappa shape index (κ2) is 7.68. The van der Waals surface area contributed by atoms with Gasteiger partial charge in [-0.2, -0.15) is 0 Å². The molecule has 0 aliphatic heterocycles. The third kappa shape index (κ3) is 4.87. The summed E-state index contributed by atoms with van der Waals surface area (Å²) in [6.45, 7) is 4.06. The first-order valence-electron chi connectivity index (χ1n) is 7.30. The van der Waals surface area contributed by atoms with Crippen molar-refractivity contribution in [1.29, 1.82) is 0 Å². The average Bonchev–Trinajstić information content (AvgIpc) is 2.51. The van der Waals surface area contributed by atoms with Crippen molar-refractivity contribution in [2.45, 2.75) is 13.8 Å². The van der Waals surface area contributed by atoms with Crippen LogP contribution in [0.15, 0.2) is 42.5 Å². The summed E-state index contributed by atoms with van der Waals surface area (Å²) in [4.78, 5) is 24.0. The molecule has 0 unspecified atom stereocenters. The van der Waals surface area contributed by atoms with Gasteiger partial charge in [-0.25, -0.2) is 18.4 Å². The molecule has 4 nitrogen and oxygen atoms in total. The lowest BCUT2D eigenvalue weighted by molar-refractivity contribution is 0.0459. The van der Waals surface area contributed by atoms with Crippen molar-refractivity contribution in [1.82, 2.24) is 0 Å². The van der Waals surface area contributed by atoms with Crippen LogP contribution in [-0.4, -0.2) is 18.5 Å². The molecule has 0 aliphatic rings. The molecule has 2 aromatic rings. The Morgan fingerprint density at radius 2 is 1.54 bits per heavy atom. The first-order valence-corrected chi connectivity index (χ1v) is 7.30. The Balaban J connectivity index is 2.12. The lowest BCUT2D eigenvalue weighted by atomic mass is 10.1. The third-order valence-corrected chi connectivity index (χ3v) is 2.93. The van der Waals surface area contributed by atoms with Crippen LogP contribution in [0.1, 0.15) is 34.6 Å². The number of carbonyl (C=O) groups is 2. The van der Waals surface area contributed by atoms with E-state index in [4.69, 9.17) is 9.47 Å². The van der Waals surface area contributed by atoms with E-state index >= 15 is 0 Å². The first kappa shape index (κ1) is 17.6. The summed E-state index contributed by atoms with van der Waals surface area (Å²) in [7, 11) is 0. The Morgan fingerprint density at radius 3 is 2.12 bits per heavy atom. The van der Waals surface area contributed by atoms with Crippen molar-refractivity contribution >= 4 is 11.9 Å². The van der Waals surface area contributed by atoms with Gasteiger partial charge in [-0.3, -0.25) is 0 Å². The quantitative estimate of drug-likeness (QED) is 0.613. The molecule has 0 bridgehead atoms. The van der Waals surface area contributed by atoms with Crippen LogP contribution >= 0.6 is 0 Å². The molecule has 0 aromatic heterocycles. The molecular formula is C18H16F2O4. The summed E-state index contributed by atoms with van der Waals surface area (Å²) < 4.78 is 36.2. The highest BCUT2D eigenvalue weighted by atomic mass is 19.1. The van der Waals surface area contributed by atoms with Crippen molar-refractivity contribution in [3.8, 4) is 5.75 Å². The Labute approximate surface area is 138 Å². The molecule has 2 aromatic carbocycles. The predicted octanol–water partition coefficient (Wildman–Crippen LogP) is 4.00. The zero-order valence-corrected chi connectivity index (χ0v) is 13.2. The van der Waals surface area contributed by atoms with Crippen molar-refractivity contribution in [3.05, 3.63) is 65.2 Å². The van der Waals surface area contributed by atoms with Gasteiger partial charge in [-0.1, -0.05) is 19.9 Å². The van der Waals surface area contributed by atoms with Gasteiger partial charge in [-0.05, 0) is 24.1 Å². The lowest BCUT2D eigenvalue weighted by Gasteiger charge is -2.08. The number of esters is 2. The van der Waals surface area contributed by atoms with Crippen molar-refractivity contribution in [2.75, 3.05) is 6.61 Å². The molecule has 6 heteroatoms. The number of rotatable bonds is 5. The smallest absolute Gasteiger partial charge is 0.343 e. The zero-order valence-electron chi connectivity index (χ0n) is 13.2. The molecule has 0 saturated heterocycles. The van der Waals surface area contributed by atoms with E-state index in [1.807, 2.05) is 13.8 Å². The molecule has 0 saturated carbocycles. The molecule has 0 fully saturated rings. The molecule has 0 heterocycles. The van der Waals surface area contributed by atoms with Gasteiger partial charge in [-0.15, -0.1) is 0 Å². The number of hydrogen-bond donors (Lipinski definition) is 0. The van der Waals surface area contributed by atoms with E-state index in [2.05, 4.69) is 0 Å². The lowest BCUT2D eigenvalue weighted by Crippen LogP contribution is -2.13. The van der Waals surface area contributed by atoms with E-state index < -0.39 is 23.6 Å². The molecule has 2 rings (SSSR count). The highest BCUT2D eigenvalue weighted by Gasteiger charge is 2.14. The molecule has 0 amide bonds. The monoisotopic (exact) mass is 334 g/mol. The average molecular weight is 334 g/mol. The first-order chi connectivity index (χ1) is 11.3. The fourth-order valence-electron chi connectivity index (χ4n) is 1.85. The van der Waals surface area contributed by atoms with E-state index in [1.54, 1.807) is 0 Å². The molecule has 0 spiro atoms. The number of benzene rings is 2. The minimum atomic E-state index is -0.858. The summed E-state index contributed by atoms with van der Waals surface area (Å²) in [6, 6.07) is 8.18. The molecule has 24 heavy (non-hydrogen) atoms. The molecule has 0 aliphatic carbocycles. The Kier molecular flexibility index (Phi) is 5.63. The van der Waals surface area contributed by atoms with Crippen LogP contribution in [0.4, 0.5) is 8.78 Å². The van der Waals surface area contributed by atoms with Crippen LogP contribution in [0.2, 0.25) is 0 Å². The summed E-state index contributed by atoms with van der Waals surface area (Å²) in [5.74, 6) is -3.18. The number of hydrogen-bond acceptors (Lipinski definition) is 4. The van der Waals surface area contributed by atoms with Crippen LogP contribution in [0.25, 0.3) is 0 Å². The van der Waals surface area contributed by atoms with E-state index in [0.29, 0.717) is 6.07 Å². The van der Waals surface area contributed by atoms with Crippen LogP contribution in [0.5, 0.6) is 5.75 Å². The summed E-state index contributed by atoms with van der Waals surface area (Å²) >= 11 is 0. The second-order valence-corrected chi connectivity index (χ2v) is 5.57. The Hall–Kier alpha value is -2.76. The molecular weight excluding hydrogens is 318 g/mol. The predicted molar refractivity (Wildman–Crippen MR) is 82.9 cm³/mol.